The number of hydrogen-bond acceptors (Lipinski definition) is 5. The van der Waals surface area contributed by atoms with Crippen molar-refractivity contribution < 1.29 is 13.9 Å². The summed E-state index contributed by atoms with van der Waals surface area (Å²) in [6.45, 7) is 0.0566. The molecule has 6 nitrogen and oxygen atoms in total. The third-order valence-electron chi connectivity index (χ3n) is 5.97. The number of rotatable bonds is 6. The molecule has 3 aromatic carbocycles. The maximum atomic E-state index is 14.0. The van der Waals surface area contributed by atoms with Crippen molar-refractivity contribution >= 4 is 5.69 Å². The summed E-state index contributed by atoms with van der Waals surface area (Å²) in [7, 11) is 3.53. The lowest BCUT2D eigenvalue weighted by Gasteiger charge is -2.35. The number of aromatic nitrogens is 2. The minimum atomic E-state index is -1.53. The molecule has 0 radical (unpaired) electrons. The van der Waals surface area contributed by atoms with E-state index in [2.05, 4.69) is 17.1 Å². The molecular weight excluding hydrogens is 448 g/mol. The molecule has 0 aliphatic heterocycles. The molecule has 0 aliphatic carbocycles. The van der Waals surface area contributed by atoms with Gasteiger partial charge in [0.25, 0.3) is 0 Å². The van der Waals surface area contributed by atoms with Crippen LogP contribution in [0.1, 0.15) is 22.4 Å². The average molecular weight is 469 g/mol. The lowest BCUT2D eigenvalue weighted by molar-refractivity contribution is 0.0812. The molecule has 1 heterocycles. The van der Waals surface area contributed by atoms with Crippen molar-refractivity contribution in [1.29, 1.82) is 10.5 Å². The Hall–Kier alpha value is -4.53. The van der Waals surface area contributed by atoms with E-state index in [0.717, 1.165) is 12.1 Å². The Morgan fingerprint density at radius 3 is 2.26 bits per heavy atom. The molecule has 0 fully saturated rings. The second kappa shape index (κ2) is 9.38. The van der Waals surface area contributed by atoms with Crippen molar-refractivity contribution in [3.8, 4) is 23.3 Å². The lowest BCUT2D eigenvalue weighted by atomic mass is 9.88. The van der Waals surface area contributed by atoms with Gasteiger partial charge in [0.15, 0.2) is 11.6 Å². The zero-order valence-corrected chi connectivity index (χ0v) is 19.1. The molecule has 8 heteroatoms. The van der Waals surface area contributed by atoms with E-state index in [1.807, 2.05) is 0 Å². The largest absolute Gasteiger partial charge is 0.377 e. The molecular formula is C27H21F2N5O. The highest BCUT2D eigenvalue weighted by Gasteiger charge is 2.36. The summed E-state index contributed by atoms with van der Waals surface area (Å²) in [4.78, 5) is 5.93. The summed E-state index contributed by atoms with van der Waals surface area (Å²) in [5.74, 6) is -1.96. The predicted molar refractivity (Wildman–Crippen MR) is 127 cm³/mol. The van der Waals surface area contributed by atoms with Crippen molar-refractivity contribution in [2.24, 2.45) is 7.05 Å². The number of imidazole rings is 1. The minimum Gasteiger partial charge on any atom is -0.377 e. The van der Waals surface area contributed by atoms with Gasteiger partial charge in [-0.1, -0.05) is 18.2 Å². The van der Waals surface area contributed by atoms with E-state index in [0.29, 0.717) is 39.2 Å². The fourth-order valence-electron chi connectivity index (χ4n) is 4.16. The van der Waals surface area contributed by atoms with Gasteiger partial charge in [-0.3, -0.25) is 0 Å². The Kier molecular flexibility index (Phi) is 6.33. The maximum Gasteiger partial charge on any atom is 0.159 e. The summed E-state index contributed by atoms with van der Waals surface area (Å²) >= 11 is 0. The highest BCUT2D eigenvalue weighted by Crippen LogP contribution is 2.36. The molecule has 1 unspecified atom stereocenters. The van der Waals surface area contributed by atoms with Crippen LogP contribution in [-0.4, -0.2) is 28.3 Å². The van der Waals surface area contributed by atoms with Gasteiger partial charge in [0.2, 0.25) is 0 Å². The number of hydrogen-bond donors (Lipinski definition) is 1. The number of aliphatic hydroxyl groups is 1. The van der Waals surface area contributed by atoms with Gasteiger partial charge in [-0.2, -0.15) is 10.5 Å². The quantitative estimate of drug-likeness (QED) is 0.450. The Labute approximate surface area is 201 Å². The third kappa shape index (κ3) is 4.48. The number of anilines is 1. The van der Waals surface area contributed by atoms with E-state index in [1.54, 1.807) is 78.6 Å². The van der Waals surface area contributed by atoms with Crippen LogP contribution in [0.2, 0.25) is 0 Å². The molecule has 1 atom stereocenters. The summed E-state index contributed by atoms with van der Waals surface area (Å²) in [6.07, 6.45) is 3.15. The number of benzene rings is 3. The molecule has 0 saturated heterocycles. The predicted octanol–water partition coefficient (Wildman–Crippen LogP) is 4.48. The smallest absolute Gasteiger partial charge is 0.159 e. The third-order valence-corrected chi connectivity index (χ3v) is 5.97. The Morgan fingerprint density at radius 1 is 0.971 bits per heavy atom. The summed E-state index contributed by atoms with van der Waals surface area (Å²) < 4.78 is 29.3. The van der Waals surface area contributed by atoms with E-state index in [-0.39, 0.29) is 6.54 Å². The number of nitrogens with zero attached hydrogens (tertiary/aromatic N) is 5. The number of halogens is 2. The highest BCUT2D eigenvalue weighted by molar-refractivity contribution is 5.80. The molecule has 35 heavy (non-hydrogen) atoms. The molecule has 0 bridgehead atoms. The molecule has 4 aromatic rings. The maximum absolute atomic E-state index is 14.0. The lowest BCUT2D eigenvalue weighted by Crippen LogP contribution is -2.41. The van der Waals surface area contributed by atoms with Crippen LogP contribution < -0.4 is 4.90 Å². The Morgan fingerprint density at radius 2 is 1.66 bits per heavy atom. The van der Waals surface area contributed by atoms with Gasteiger partial charge in [0.05, 0.1) is 48.0 Å². The van der Waals surface area contributed by atoms with Gasteiger partial charge in [-0.15, -0.1) is 0 Å². The molecule has 0 aliphatic rings. The van der Waals surface area contributed by atoms with E-state index < -0.39 is 17.2 Å². The zero-order chi connectivity index (χ0) is 25.2. The van der Waals surface area contributed by atoms with Gasteiger partial charge < -0.3 is 14.6 Å². The monoisotopic (exact) mass is 469 g/mol. The number of aryl methyl sites for hydroxylation is 1. The van der Waals surface area contributed by atoms with Crippen LogP contribution in [0.4, 0.5) is 14.5 Å². The summed E-state index contributed by atoms with van der Waals surface area (Å²) in [6, 6.07) is 19.3. The molecule has 0 spiro atoms. The van der Waals surface area contributed by atoms with Crippen LogP contribution in [0.3, 0.4) is 0 Å². The first-order valence-corrected chi connectivity index (χ1v) is 10.7. The van der Waals surface area contributed by atoms with Crippen LogP contribution >= 0.6 is 0 Å². The highest BCUT2D eigenvalue weighted by atomic mass is 19.2. The fraction of sp³-hybridized carbons (Fsp3) is 0.148. The Balaban J connectivity index is 1.82. The molecule has 4 rings (SSSR count). The normalized spacial score (nSPS) is 12.4. The van der Waals surface area contributed by atoms with Crippen molar-refractivity contribution in [3.63, 3.8) is 0 Å². The topological polar surface area (TPSA) is 88.9 Å². The number of likely N-dealkylation sites (N-methyl/N-ethyl adjacent to an activating group) is 1. The minimum absolute atomic E-state index is 0.0566. The van der Waals surface area contributed by atoms with Crippen LogP contribution in [0.25, 0.3) is 11.1 Å². The van der Waals surface area contributed by atoms with Crippen molar-refractivity contribution in [3.05, 3.63) is 107 Å². The van der Waals surface area contributed by atoms with E-state index in [9.17, 15) is 19.1 Å². The van der Waals surface area contributed by atoms with E-state index in [1.165, 1.54) is 6.07 Å². The average Bonchev–Trinajstić information content (AvgIpc) is 3.31. The van der Waals surface area contributed by atoms with Crippen molar-refractivity contribution in [2.45, 2.75) is 5.60 Å². The van der Waals surface area contributed by atoms with Crippen molar-refractivity contribution in [1.82, 2.24) is 9.55 Å². The van der Waals surface area contributed by atoms with Gasteiger partial charge in [-0.25, -0.2) is 13.8 Å². The fourth-order valence-corrected chi connectivity index (χ4v) is 4.16. The molecule has 0 saturated carbocycles. The first kappa shape index (κ1) is 23.6. The number of nitriles is 2. The first-order valence-electron chi connectivity index (χ1n) is 10.7. The molecule has 1 N–H and O–H groups in total. The van der Waals surface area contributed by atoms with Crippen LogP contribution in [0.5, 0.6) is 0 Å². The zero-order valence-electron chi connectivity index (χ0n) is 19.1. The van der Waals surface area contributed by atoms with Crippen LogP contribution in [0.15, 0.2) is 73.2 Å². The summed E-state index contributed by atoms with van der Waals surface area (Å²) in [5.41, 5.74) is 1.87. The molecule has 174 valence electrons. The second-order valence-electron chi connectivity index (χ2n) is 8.27. The molecule has 1 aromatic heterocycles. The van der Waals surface area contributed by atoms with Gasteiger partial charge >= 0.3 is 0 Å². The van der Waals surface area contributed by atoms with Crippen LogP contribution in [0, 0.1) is 34.3 Å². The van der Waals surface area contributed by atoms with E-state index in [4.69, 9.17) is 5.26 Å². The van der Waals surface area contributed by atoms with Gasteiger partial charge in [0, 0.05) is 25.3 Å². The van der Waals surface area contributed by atoms with Gasteiger partial charge in [-0.05, 0) is 53.6 Å². The SMILES string of the molecule is CN(CC(O)(c1ccc(C#N)cc1)c1cncn1C)c1ccc(C#N)cc1-c1ccc(F)c(F)c1. The first-order chi connectivity index (χ1) is 16.8. The summed E-state index contributed by atoms with van der Waals surface area (Å²) in [5, 5.41) is 30.6. The molecule has 0 amide bonds. The van der Waals surface area contributed by atoms with Gasteiger partial charge in [0.1, 0.15) is 5.60 Å². The van der Waals surface area contributed by atoms with E-state index >= 15 is 0 Å². The Bertz CT molecular complexity index is 1470. The second-order valence-corrected chi connectivity index (χ2v) is 8.27. The standard InChI is InChI=1S/C27H21F2N5O/c1-33(25-10-5-19(14-31)11-22(25)20-6-9-23(28)24(29)12-20)16-27(35,26-15-32-17-34(26)2)21-7-3-18(13-30)4-8-21/h3-12,15,17,35H,16H2,1-2H3. The van der Waals surface area contributed by atoms with Crippen LogP contribution in [-0.2, 0) is 12.6 Å². The van der Waals surface area contributed by atoms with Crippen molar-refractivity contribution in [2.75, 3.05) is 18.5 Å².